The van der Waals surface area contributed by atoms with Crippen LogP contribution in [0.15, 0.2) is 40.3 Å². The van der Waals surface area contributed by atoms with E-state index in [4.69, 9.17) is 12.2 Å². The number of thiocarbonyl (C=S) groups is 1. The first-order chi connectivity index (χ1) is 10.8. The third-order valence-corrected chi connectivity index (χ3v) is 4.89. The van der Waals surface area contributed by atoms with Gasteiger partial charge in [0, 0.05) is 12.8 Å². The van der Waals surface area contributed by atoms with Gasteiger partial charge in [-0.05, 0) is 41.9 Å². The average Bonchev–Trinajstić information content (AvgIpc) is 2.53. The van der Waals surface area contributed by atoms with E-state index < -0.39 is 9.84 Å². The van der Waals surface area contributed by atoms with E-state index in [0.717, 1.165) is 12.1 Å². The van der Waals surface area contributed by atoms with Gasteiger partial charge in [-0.1, -0.05) is 39.0 Å². The molecule has 0 saturated carbocycles. The number of hydrazone groups is 1. The van der Waals surface area contributed by atoms with Gasteiger partial charge in [0.05, 0.1) is 10.6 Å². The van der Waals surface area contributed by atoms with Crippen LogP contribution in [0, 0.1) is 5.92 Å². The fraction of sp³-hybridized carbons (Fsp3) is 0.375. The minimum Gasteiger partial charge on any atom is -0.361 e. The minimum absolute atomic E-state index is 0.102. The molecule has 0 aromatic heterocycles. The van der Waals surface area contributed by atoms with Gasteiger partial charge < -0.3 is 5.32 Å². The Bertz CT molecular complexity index is 663. The van der Waals surface area contributed by atoms with Crippen LogP contribution in [0.5, 0.6) is 0 Å². The second kappa shape index (κ2) is 9.42. The zero-order chi connectivity index (χ0) is 17.3. The Kier molecular flexibility index (Phi) is 7.91. The van der Waals surface area contributed by atoms with Crippen molar-refractivity contribution >= 4 is 39.5 Å². The lowest BCUT2D eigenvalue weighted by atomic mass is 10.2. The van der Waals surface area contributed by atoms with Gasteiger partial charge >= 0.3 is 0 Å². The third kappa shape index (κ3) is 7.38. The van der Waals surface area contributed by atoms with Gasteiger partial charge in [-0.15, -0.1) is 0 Å². The first-order valence-electron chi connectivity index (χ1n) is 7.41. The number of allylic oxidation sites excluding steroid dienone is 1. The quantitative estimate of drug-likeness (QED) is 0.448. The molecule has 0 amide bonds. The second-order valence-electron chi connectivity index (χ2n) is 5.33. The average molecular weight is 354 g/mol. The van der Waals surface area contributed by atoms with Gasteiger partial charge in [-0.2, -0.15) is 5.10 Å². The number of hydrogen-bond acceptors (Lipinski definition) is 4. The maximum Gasteiger partial charge on any atom is 0.186 e. The Hall–Kier alpha value is -1.73. The molecule has 0 spiro atoms. The number of nitrogens with one attached hydrogen (secondary N) is 2. The summed E-state index contributed by atoms with van der Waals surface area (Å²) in [5, 5.41) is 7.50. The summed E-state index contributed by atoms with van der Waals surface area (Å²) in [6, 6.07) is 6.74. The Balaban J connectivity index is 2.49. The summed E-state index contributed by atoms with van der Waals surface area (Å²) >= 11 is 5.06. The topological polar surface area (TPSA) is 70.6 Å². The van der Waals surface area contributed by atoms with Crippen molar-refractivity contribution in [3.63, 3.8) is 0 Å². The summed E-state index contributed by atoms with van der Waals surface area (Å²) in [6.07, 6.45) is 5.17. The van der Waals surface area contributed by atoms with Gasteiger partial charge in [-0.25, -0.2) is 8.42 Å². The molecule has 0 aliphatic rings. The number of benzene rings is 1. The summed E-state index contributed by atoms with van der Waals surface area (Å²) in [7, 11) is -3.15. The summed E-state index contributed by atoms with van der Waals surface area (Å²) in [4.78, 5) is 0.342. The van der Waals surface area contributed by atoms with Crippen LogP contribution in [0.3, 0.4) is 0 Å². The maximum atomic E-state index is 11.7. The van der Waals surface area contributed by atoms with Crippen LogP contribution in [-0.2, 0) is 9.84 Å². The maximum absolute atomic E-state index is 11.7. The van der Waals surface area contributed by atoms with E-state index in [9.17, 15) is 8.42 Å². The van der Waals surface area contributed by atoms with Gasteiger partial charge in [0.1, 0.15) is 0 Å². The van der Waals surface area contributed by atoms with E-state index in [1.54, 1.807) is 43.5 Å². The van der Waals surface area contributed by atoms with E-state index in [-0.39, 0.29) is 5.75 Å². The van der Waals surface area contributed by atoms with E-state index >= 15 is 0 Å². The van der Waals surface area contributed by atoms with Crippen molar-refractivity contribution < 1.29 is 8.42 Å². The summed E-state index contributed by atoms with van der Waals surface area (Å²) in [5.41, 5.74) is 3.62. The van der Waals surface area contributed by atoms with Crippen molar-refractivity contribution in [2.75, 3.05) is 12.3 Å². The second-order valence-corrected chi connectivity index (χ2v) is 8.01. The molecular weight excluding hydrogens is 330 g/mol. The van der Waals surface area contributed by atoms with Crippen molar-refractivity contribution in [1.82, 2.24) is 10.7 Å². The number of sulfone groups is 1. The molecule has 0 aliphatic carbocycles. The van der Waals surface area contributed by atoms with E-state index in [2.05, 4.69) is 29.7 Å². The van der Waals surface area contributed by atoms with Crippen LogP contribution in [-0.4, -0.2) is 32.0 Å². The van der Waals surface area contributed by atoms with Crippen molar-refractivity contribution in [3.05, 3.63) is 35.9 Å². The fourth-order valence-corrected chi connectivity index (χ4v) is 2.60. The molecule has 1 aromatic carbocycles. The molecule has 1 rings (SSSR count). The number of rotatable bonds is 7. The molecule has 0 bridgehead atoms. The molecule has 0 unspecified atom stereocenters. The molecule has 2 N–H and O–H groups in total. The van der Waals surface area contributed by atoms with Crippen molar-refractivity contribution in [2.45, 2.75) is 25.7 Å². The first-order valence-corrected chi connectivity index (χ1v) is 9.47. The zero-order valence-corrected chi connectivity index (χ0v) is 15.2. The molecule has 23 heavy (non-hydrogen) atoms. The smallest absolute Gasteiger partial charge is 0.186 e. The SMILES string of the molecule is CCS(=O)(=O)c1ccc(/C=C\C=N/NC(=S)NCC(C)C)cc1. The van der Waals surface area contributed by atoms with E-state index in [0.29, 0.717) is 15.9 Å². The predicted molar refractivity (Wildman–Crippen MR) is 100 cm³/mol. The highest BCUT2D eigenvalue weighted by Gasteiger charge is 2.09. The minimum atomic E-state index is -3.15. The molecule has 1 aromatic rings. The van der Waals surface area contributed by atoms with Crippen LogP contribution < -0.4 is 10.7 Å². The molecule has 126 valence electrons. The van der Waals surface area contributed by atoms with Crippen LogP contribution in [0.25, 0.3) is 6.08 Å². The Morgan fingerprint density at radius 1 is 1.30 bits per heavy atom. The standard InChI is InChI=1S/C16H23N3O2S2/c1-4-23(20,21)15-9-7-14(8-10-15)6-5-11-18-19-16(22)17-12-13(2)3/h5-11,13H,4,12H2,1-3H3,(H2,17,19,22)/b6-5-,18-11-. The molecule has 0 fully saturated rings. The first kappa shape index (κ1) is 19.3. The van der Waals surface area contributed by atoms with Crippen LogP contribution in [0.2, 0.25) is 0 Å². The lowest BCUT2D eigenvalue weighted by Crippen LogP contribution is -2.34. The zero-order valence-electron chi connectivity index (χ0n) is 13.6. The van der Waals surface area contributed by atoms with Crippen LogP contribution >= 0.6 is 12.2 Å². The molecular formula is C16H23N3O2S2. The predicted octanol–water partition coefficient (Wildman–Crippen LogP) is 2.60. The highest BCUT2D eigenvalue weighted by atomic mass is 32.2. The highest BCUT2D eigenvalue weighted by Crippen LogP contribution is 2.12. The lowest BCUT2D eigenvalue weighted by molar-refractivity contribution is 0.597. The van der Waals surface area contributed by atoms with E-state index in [1.165, 1.54) is 0 Å². The number of hydrogen-bond donors (Lipinski definition) is 2. The Labute approximate surface area is 143 Å². The Morgan fingerprint density at radius 2 is 1.96 bits per heavy atom. The summed E-state index contributed by atoms with van der Waals surface area (Å²) < 4.78 is 23.4. The third-order valence-electron chi connectivity index (χ3n) is 2.91. The van der Waals surface area contributed by atoms with Crippen molar-refractivity contribution in [3.8, 4) is 0 Å². The molecule has 5 nitrogen and oxygen atoms in total. The van der Waals surface area contributed by atoms with Gasteiger partial charge in [-0.3, -0.25) is 5.43 Å². The summed E-state index contributed by atoms with van der Waals surface area (Å²) in [5.74, 6) is 0.615. The monoisotopic (exact) mass is 353 g/mol. The molecule has 0 aliphatic heterocycles. The normalized spacial score (nSPS) is 12.2. The van der Waals surface area contributed by atoms with Gasteiger partial charge in [0.2, 0.25) is 0 Å². The van der Waals surface area contributed by atoms with Gasteiger partial charge in [0.15, 0.2) is 14.9 Å². The number of nitrogens with zero attached hydrogens (tertiary/aromatic N) is 1. The molecule has 0 atom stereocenters. The van der Waals surface area contributed by atoms with Crippen LogP contribution in [0.1, 0.15) is 26.3 Å². The Morgan fingerprint density at radius 3 is 2.52 bits per heavy atom. The van der Waals surface area contributed by atoms with Crippen LogP contribution in [0.4, 0.5) is 0 Å². The van der Waals surface area contributed by atoms with Gasteiger partial charge in [0.25, 0.3) is 0 Å². The molecule has 0 radical (unpaired) electrons. The van der Waals surface area contributed by atoms with Crippen molar-refractivity contribution in [2.24, 2.45) is 11.0 Å². The fourth-order valence-electron chi connectivity index (χ4n) is 1.58. The largest absolute Gasteiger partial charge is 0.361 e. The molecule has 0 heterocycles. The highest BCUT2D eigenvalue weighted by molar-refractivity contribution is 7.91. The molecule has 0 saturated heterocycles. The summed E-state index contributed by atoms with van der Waals surface area (Å²) in [6.45, 7) is 6.62. The lowest BCUT2D eigenvalue weighted by Gasteiger charge is -2.08. The van der Waals surface area contributed by atoms with Crippen molar-refractivity contribution in [1.29, 1.82) is 0 Å². The molecule has 7 heteroatoms. The van der Waals surface area contributed by atoms with E-state index in [1.807, 2.05) is 6.08 Å².